The molecule has 0 aliphatic rings. The summed E-state index contributed by atoms with van der Waals surface area (Å²) in [6.45, 7) is 6.42. The predicted molar refractivity (Wildman–Crippen MR) is 63.2 cm³/mol. The van der Waals surface area contributed by atoms with Crippen LogP contribution in [0.5, 0.6) is 0 Å². The maximum atomic E-state index is 5.31. The molecule has 0 aliphatic carbocycles. The third-order valence-corrected chi connectivity index (χ3v) is 3.03. The Kier molecular flexibility index (Phi) is 11.5. The molecule has 1 N–H and O–H groups in total. The highest BCUT2D eigenvalue weighted by Gasteiger charge is 1.97. The molecular formula is C10H23NO2S. The molecule has 0 rings (SSSR count). The lowest BCUT2D eigenvalue weighted by Crippen LogP contribution is -2.23. The van der Waals surface area contributed by atoms with Crippen LogP contribution in [0, 0.1) is 0 Å². The van der Waals surface area contributed by atoms with Gasteiger partial charge in [-0.2, -0.15) is 11.8 Å². The van der Waals surface area contributed by atoms with E-state index < -0.39 is 0 Å². The summed E-state index contributed by atoms with van der Waals surface area (Å²) in [5, 5.41) is 4.10. The summed E-state index contributed by atoms with van der Waals surface area (Å²) in [6, 6.07) is 0. The Labute approximate surface area is 91.9 Å². The second-order valence-corrected chi connectivity index (χ2v) is 4.47. The molecule has 0 aromatic heterocycles. The van der Waals surface area contributed by atoms with Gasteiger partial charge in [0.1, 0.15) is 0 Å². The number of rotatable bonds is 10. The number of thioether (sulfide) groups is 1. The summed E-state index contributed by atoms with van der Waals surface area (Å²) in [5.41, 5.74) is 0. The molecule has 86 valence electrons. The van der Waals surface area contributed by atoms with E-state index in [4.69, 9.17) is 9.47 Å². The molecule has 3 nitrogen and oxygen atoms in total. The average molecular weight is 221 g/mol. The normalized spacial score (nSPS) is 13.1. The van der Waals surface area contributed by atoms with Crippen LogP contribution in [0.15, 0.2) is 0 Å². The fourth-order valence-corrected chi connectivity index (χ4v) is 1.29. The summed E-state index contributed by atoms with van der Waals surface area (Å²) >= 11 is 1.91. The van der Waals surface area contributed by atoms with Crippen LogP contribution in [-0.4, -0.2) is 51.5 Å². The van der Waals surface area contributed by atoms with E-state index in [1.165, 1.54) is 6.42 Å². The molecule has 4 heteroatoms. The Hall–Kier alpha value is 0.230. The highest BCUT2D eigenvalue weighted by atomic mass is 32.2. The molecule has 0 spiro atoms. The van der Waals surface area contributed by atoms with Gasteiger partial charge in [0.05, 0.1) is 19.8 Å². The third kappa shape index (κ3) is 10.3. The molecular weight excluding hydrogens is 198 g/mol. The number of hydrogen-bond donors (Lipinski definition) is 1. The van der Waals surface area contributed by atoms with Gasteiger partial charge < -0.3 is 14.8 Å². The van der Waals surface area contributed by atoms with Crippen molar-refractivity contribution in [3.63, 3.8) is 0 Å². The predicted octanol–water partition coefficient (Wildman–Crippen LogP) is 1.38. The summed E-state index contributed by atoms with van der Waals surface area (Å²) < 4.78 is 10.2. The van der Waals surface area contributed by atoms with Crippen molar-refractivity contribution in [3.8, 4) is 0 Å². The van der Waals surface area contributed by atoms with Crippen LogP contribution in [0.3, 0.4) is 0 Å². The Morgan fingerprint density at radius 2 is 2.00 bits per heavy atom. The van der Waals surface area contributed by atoms with E-state index in [9.17, 15) is 0 Å². The molecule has 0 aliphatic heterocycles. The zero-order valence-electron chi connectivity index (χ0n) is 9.54. The Bertz CT molecular complexity index is 114. The highest BCUT2D eigenvalue weighted by molar-refractivity contribution is 7.99. The number of methoxy groups -OCH3 is 1. The molecule has 0 saturated carbocycles. The average Bonchev–Trinajstić information content (AvgIpc) is 2.21. The molecule has 14 heavy (non-hydrogen) atoms. The Balaban J connectivity index is 2.92. The molecule has 0 heterocycles. The fraction of sp³-hybridized carbons (Fsp3) is 1.00. The minimum atomic E-state index is 0.684. The summed E-state index contributed by atoms with van der Waals surface area (Å²) in [4.78, 5) is 0. The highest BCUT2D eigenvalue weighted by Crippen LogP contribution is 2.07. The van der Waals surface area contributed by atoms with Crippen LogP contribution in [-0.2, 0) is 9.47 Å². The van der Waals surface area contributed by atoms with Gasteiger partial charge in [0.2, 0.25) is 0 Å². The monoisotopic (exact) mass is 221 g/mol. The third-order valence-electron chi connectivity index (χ3n) is 1.98. The van der Waals surface area contributed by atoms with E-state index in [-0.39, 0.29) is 0 Å². The van der Waals surface area contributed by atoms with Crippen molar-refractivity contribution in [3.05, 3.63) is 0 Å². The summed E-state index contributed by atoms with van der Waals surface area (Å²) in [6.07, 6.45) is 3.37. The molecule has 0 amide bonds. The van der Waals surface area contributed by atoms with Gasteiger partial charge in [0, 0.05) is 18.9 Å². The lowest BCUT2D eigenvalue weighted by atomic mass is 10.3. The Morgan fingerprint density at radius 3 is 2.64 bits per heavy atom. The van der Waals surface area contributed by atoms with Crippen molar-refractivity contribution in [2.45, 2.75) is 18.6 Å². The van der Waals surface area contributed by atoms with Gasteiger partial charge >= 0.3 is 0 Å². The van der Waals surface area contributed by atoms with Gasteiger partial charge in [-0.1, -0.05) is 6.92 Å². The quantitative estimate of drug-likeness (QED) is 0.565. The summed E-state index contributed by atoms with van der Waals surface area (Å²) in [5.74, 6) is 0. The first kappa shape index (κ1) is 14.2. The van der Waals surface area contributed by atoms with Crippen LogP contribution in [0.2, 0.25) is 0 Å². The second kappa shape index (κ2) is 11.3. The smallest absolute Gasteiger partial charge is 0.0700 e. The number of nitrogens with one attached hydrogen (secondary N) is 1. The molecule has 0 radical (unpaired) electrons. The van der Waals surface area contributed by atoms with Crippen molar-refractivity contribution in [1.82, 2.24) is 5.32 Å². The van der Waals surface area contributed by atoms with E-state index in [2.05, 4.69) is 18.5 Å². The van der Waals surface area contributed by atoms with Crippen LogP contribution in [0.1, 0.15) is 13.3 Å². The first-order valence-corrected chi connectivity index (χ1v) is 6.40. The van der Waals surface area contributed by atoms with E-state index >= 15 is 0 Å². The van der Waals surface area contributed by atoms with Gasteiger partial charge in [-0.25, -0.2) is 0 Å². The molecule has 1 atom stereocenters. The maximum Gasteiger partial charge on any atom is 0.0700 e. The summed E-state index contributed by atoms with van der Waals surface area (Å²) in [7, 11) is 1.69. The molecule has 0 aromatic carbocycles. The van der Waals surface area contributed by atoms with Gasteiger partial charge in [-0.3, -0.25) is 0 Å². The van der Waals surface area contributed by atoms with E-state index in [1.54, 1.807) is 7.11 Å². The molecule has 1 unspecified atom stereocenters. The molecule has 0 bridgehead atoms. The van der Waals surface area contributed by atoms with Gasteiger partial charge in [0.25, 0.3) is 0 Å². The fourth-order valence-electron chi connectivity index (χ4n) is 0.937. The number of ether oxygens (including phenoxy) is 2. The lowest BCUT2D eigenvalue weighted by molar-refractivity contribution is 0.0720. The largest absolute Gasteiger partial charge is 0.382 e. The van der Waals surface area contributed by atoms with Crippen molar-refractivity contribution in [2.24, 2.45) is 0 Å². The van der Waals surface area contributed by atoms with Crippen molar-refractivity contribution in [2.75, 3.05) is 46.3 Å². The van der Waals surface area contributed by atoms with Crippen molar-refractivity contribution < 1.29 is 9.47 Å². The number of hydrogen-bond acceptors (Lipinski definition) is 4. The van der Waals surface area contributed by atoms with E-state index in [1.807, 2.05) is 11.8 Å². The lowest BCUT2D eigenvalue weighted by Gasteiger charge is -2.09. The Morgan fingerprint density at radius 1 is 1.21 bits per heavy atom. The van der Waals surface area contributed by atoms with E-state index in [0.29, 0.717) is 13.2 Å². The van der Waals surface area contributed by atoms with E-state index in [0.717, 1.165) is 24.9 Å². The molecule has 0 saturated heterocycles. The molecule has 0 aromatic rings. The van der Waals surface area contributed by atoms with Crippen molar-refractivity contribution in [1.29, 1.82) is 0 Å². The molecule has 0 fully saturated rings. The first-order chi connectivity index (χ1) is 6.81. The zero-order valence-corrected chi connectivity index (χ0v) is 10.4. The van der Waals surface area contributed by atoms with Crippen LogP contribution >= 0.6 is 11.8 Å². The minimum absolute atomic E-state index is 0.684. The van der Waals surface area contributed by atoms with Crippen molar-refractivity contribution >= 4 is 11.8 Å². The first-order valence-electron chi connectivity index (χ1n) is 5.11. The standard InChI is InChI=1S/C10H23NO2S/c1-10(14-3)4-5-11-6-7-13-9-8-12-2/h10-11H,4-9H2,1-3H3. The zero-order chi connectivity index (χ0) is 10.6. The second-order valence-electron chi connectivity index (χ2n) is 3.19. The minimum Gasteiger partial charge on any atom is -0.382 e. The van der Waals surface area contributed by atoms with Crippen LogP contribution in [0.25, 0.3) is 0 Å². The maximum absolute atomic E-state index is 5.31. The van der Waals surface area contributed by atoms with Gasteiger partial charge in [0.15, 0.2) is 0 Å². The van der Waals surface area contributed by atoms with Gasteiger partial charge in [-0.15, -0.1) is 0 Å². The van der Waals surface area contributed by atoms with Gasteiger partial charge in [-0.05, 0) is 19.2 Å². The topological polar surface area (TPSA) is 30.5 Å². The van der Waals surface area contributed by atoms with Crippen LogP contribution in [0.4, 0.5) is 0 Å². The van der Waals surface area contributed by atoms with Crippen LogP contribution < -0.4 is 5.32 Å². The SMILES string of the molecule is COCCOCCNCCC(C)SC.